The fraction of sp³-hybridized carbons (Fsp3) is 0.750. The first-order chi connectivity index (χ1) is 10.6. The standard InChI is InChI=1S/C16H26FNO3S2/c1-12(2)23(20,21)18-11-15(3,17)13-6-8-16(19,9-7-13)14-5-4-10-22-14/h4-5,10,12-13,18-19H,6-9,11H2,1-3H3. The summed E-state index contributed by atoms with van der Waals surface area (Å²) < 4.78 is 40.9. The van der Waals surface area contributed by atoms with Crippen molar-refractivity contribution in [2.24, 2.45) is 5.92 Å². The maximum atomic E-state index is 15.0. The third-order valence-corrected chi connectivity index (χ3v) is 7.73. The van der Waals surface area contributed by atoms with Crippen LogP contribution in [0, 0.1) is 5.92 Å². The van der Waals surface area contributed by atoms with Crippen LogP contribution in [0.3, 0.4) is 0 Å². The number of hydrogen-bond donors (Lipinski definition) is 2. The lowest BCUT2D eigenvalue weighted by atomic mass is 9.72. The third-order valence-electron chi connectivity index (χ3n) is 4.88. The summed E-state index contributed by atoms with van der Waals surface area (Å²) in [6, 6.07) is 3.82. The Morgan fingerprint density at radius 2 is 2.09 bits per heavy atom. The van der Waals surface area contributed by atoms with Gasteiger partial charge >= 0.3 is 0 Å². The van der Waals surface area contributed by atoms with E-state index in [-0.39, 0.29) is 12.5 Å². The second-order valence-electron chi connectivity index (χ2n) is 6.98. The van der Waals surface area contributed by atoms with Crippen LogP contribution in [0.1, 0.15) is 51.3 Å². The monoisotopic (exact) mass is 363 g/mol. The molecule has 1 saturated carbocycles. The van der Waals surface area contributed by atoms with E-state index in [2.05, 4.69) is 4.72 Å². The van der Waals surface area contributed by atoms with Crippen molar-refractivity contribution < 1.29 is 17.9 Å². The topological polar surface area (TPSA) is 66.4 Å². The Hall–Kier alpha value is -0.500. The minimum absolute atomic E-state index is 0.213. The number of aliphatic hydroxyl groups is 1. The van der Waals surface area contributed by atoms with Crippen molar-refractivity contribution in [1.29, 1.82) is 0 Å². The number of sulfonamides is 1. The van der Waals surface area contributed by atoms with E-state index in [1.54, 1.807) is 13.8 Å². The highest BCUT2D eigenvalue weighted by Crippen LogP contribution is 2.45. The highest BCUT2D eigenvalue weighted by molar-refractivity contribution is 7.90. The van der Waals surface area contributed by atoms with E-state index >= 15 is 0 Å². The smallest absolute Gasteiger partial charge is 0.214 e. The summed E-state index contributed by atoms with van der Waals surface area (Å²) in [5.74, 6) is -0.252. The van der Waals surface area contributed by atoms with E-state index in [1.807, 2.05) is 17.5 Å². The first-order valence-electron chi connectivity index (χ1n) is 8.01. The zero-order valence-electron chi connectivity index (χ0n) is 13.9. The van der Waals surface area contributed by atoms with Gasteiger partial charge in [0, 0.05) is 11.4 Å². The number of rotatable bonds is 6. The molecule has 7 heteroatoms. The Kier molecular flexibility index (Phi) is 5.55. The number of hydrogen-bond acceptors (Lipinski definition) is 4. The van der Waals surface area contributed by atoms with Crippen LogP contribution < -0.4 is 4.72 Å². The molecule has 1 atom stereocenters. The summed E-state index contributed by atoms with van der Waals surface area (Å²) in [6.07, 6.45) is 2.11. The van der Waals surface area contributed by atoms with Crippen molar-refractivity contribution >= 4 is 21.4 Å². The van der Waals surface area contributed by atoms with Crippen LogP contribution in [0.4, 0.5) is 4.39 Å². The molecule has 1 aromatic heterocycles. The van der Waals surface area contributed by atoms with Crippen LogP contribution in [0.5, 0.6) is 0 Å². The summed E-state index contributed by atoms with van der Waals surface area (Å²) in [5, 5.41) is 12.1. The largest absolute Gasteiger partial charge is 0.384 e. The molecule has 0 spiro atoms. The molecule has 0 saturated heterocycles. The first kappa shape index (κ1) is 18.8. The highest BCUT2D eigenvalue weighted by Gasteiger charge is 2.43. The van der Waals surface area contributed by atoms with Crippen LogP contribution in [-0.2, 0) is 15.6 Å². The molecule has 23 heavy (non-hydrogen) atoms. The van der Waals surface area contributed by atoms with Gasteiger partial charge in [0.15, 0.2) is 0 Å². The van der Waals surface area contributed by atoms with E-state index in [4.69, 9.17) is 0 Å². The van der Waals surface area contributed by atoms with Crippen LogP contribution in [0.15, 0.2) is 17.5 Å². The Morgan fingerprint density at radius 1 is 1.48 bits per heavy atom. The van der Waals surface area contributed by atoms with Gasteiger partial charge in [0.05, 0.1) is 10.9 Å². The van der Waals surface area contributed by atoms with Gasteiger partial charge in [0.2, 0.25) is 10.0 Å². The van der Waals surface area contributed by atoms with Crippen molar-refractivity contribution in [2.45, 2.75) is 63.0 Å². The Bertz CT molecular complexity index is 603. The van der Waals surface area contributed by atoms with E-state index in [9.17, 15) is 17.9 Å². The normalized spacial score (nSPS) is 28.7. The summed E-state index contributed by atoms with van der Waals surface area (Å²) in [7, 11) is -3.47. The van der Waals surface area contributed by atoms with Crippen molar-refractivity contribution in [3.63, 3.8) is 0 Å². The van der Waals surface area contributed by atoms with E-state index in [0.717, 1.165) is 4.88 Å². The molecular formula is C16H26FNO3S2. The summed E-state index contributed by atoms with van der Waals surface area (Å²) in [4.78, 5) is 0.928. The molecule has 0 bridgehead atoms. The highest BCUT2D eigenvalue weighted by atomic mass is 32.2. The minimum atomic E-state index is -3.47. The van der Waals surface area contributed by atoms with Gasteiger partial charge in [0.25, 0.3) is 0 Å². The molecule has 2 rings (SSSR count). The zero-order chi connectivity index (χ0) is 17.3. The Labute approximate surface area is 142 Å². The van der Waals surface area contributed by atoms with Gasteiger partial charge in [-0.15, -0.1) is 11.3 Å². The molecule has 132 valence electrons. The van der Waals surface area contributed by atoms with Gasteiger partial charge in [-0.25, -0.2) is 17.5 Å². The predicted molar refractivity (Wildman–Crippen MR) is 91.7 cm³/mol. The second-order valence-corrected chi connectivity index (χ2v) is 10.2. The Morgan fingerprint density at radius 3 is 2.57 bits per heavy atom. The number of alkyl halides is 1. The molecule has 1 aromatic rings. The van der Waals surface area contributed by atoms with Crippen molar-refractivity contribution in [2.75, 3.05) is 6.54 Å². The van der Waals surface area contributed by atoms with E-state index in [0.29, 0.717) is 25.7 Å². The zero-order valence-corrected chi connectivity index (χ0v) is 15.5. The van der Waals surface area contributed by atoms with Gasteiger partial charge in [-0.3, -0.25) is 0 Å². The fourth-order valence-electron chi connectivity index (χ4n) is 3.04. The molecule has 0 radical (unpaired) electrons. The molecule has 0 aromatic carbocycles. The molecule has 1 aliphatic carbocycles. The third kappa shape index (κ3) is 4.32. The second kappa shape index (κ2) is 6.78. The van der Waals surface area contributed by atoms with E-state index < -0.39 is 26.5 Å². The Balaban J connectivity index is 1.96. The molecule has 1 unspecified atom stereocenters. The maximum Gasteiger partial charge on any atom is 0.214 e. The average molecular weight is 364 g/mol. The summed E-state index contributed by atoms with van der Waals surface area (Å²) in [5.41, 5.74) is -2.48. The van der Waals surface area contributed by atoms with Crippen molar-refractivity contribution in [1.82, 2.24) is 4.72 Å². The van der Waals surface area contributed by atoms with Gasteiger partial charge in [0.1, 0.15) is 5.67 Å². The minimum Gasteiger partial charge on any atom is -0.384 e. The molecule has 4 nitrogen and oxygen atoms in total. The quantitative estimate of drug-likeness (QED) is 0.816. The molecular weight excluding hydrogens is 337 g/mol. The molecule has 2 N–H and O–H groups in total. The number of nitrogens with one attached hydrogen (secondary N) is 1. The van der Waals surface area contributed by atoms with Gasteiger partial charge in [-0.1, -0.05) is 6.07 Å². The molecule has 0 amide bonds. The van der Waals surface area contributed by atoms with Crippen LogP contribution >= 0.6 is 11.3 Å². The maximum absolute atomic E-state index is 15.0. The van der Waals surface area contributed by atoms with Gasteiger partial charge in [-0.2, -0.15) is 0 Å². The SMILES string of the molecule is CC(C)S(=O)(=O)NCC(C)(F)C1CCC(O)(c2cccs2)CC1. The summed E-state index contributed by atoms with van der Waals surface area (Å²) >= 11 is 1.52. The molecule has 1 aliphatic rings. The van der Waals surface area contributed by atoms with Crippen LogP contribution in [0.25, 0.3) is 0 Å². The van der Waals surface area contributed by atoms with Crippen LogP contribution in [-0.4, -0.2) is 31.0 Å². The van der Waals surface area contributed by atoms with Crippen LogP contribution in [0.2, 0.25) is 0 Å². The lowest BCUT2D eigenvalue weighted by Crippen LogP contribution is -2.47. The van der Waals surface area contributed by atoms with Gasteiger partial charge in [-0.05, 0) is 63.8 Å². The predicted octanol–water partition coefficient (Wildman–Crippen LogP) is 3.18. The molecule has 1 heterocycles. The van der Waals surface area contributed by atoms with E-state index in [1.165, 1.54) is 18.3 Å². The number of halogens is 1. The van der Waals surface area contributed by atoms with Crippen molar-refractivity contribution in [3.8, 4) is 0 Å². The van der Waals surface area contributed by atoms with Gasteiger partial charge < -0.3 is 5.11 Å². The fourth-order valence-corrected chi connectivity index (χ4v) is 4.74. The molecule has 0 aliphatic heterocycles. The first-order valence-corrected chi connectivity index (χ1v) is 10.4. The summed E-state index contributed by atoms with van der Waals surface area (Å²) in [6.45, 7) is 4.38. The lowest BCUT2D eigenvalue weighted by Gasteiger charge is -2.40. The lowest BCUT2D eigenvalue weighted by molar-refractivity contribution is -0.0385. The molecule has 1 fully saturated rings. The average Bonchev–Trinajstić information content (AvgIpc) is 3.01. The van der Waals surface area contributed by atoms with Crippen molar-refractivity contribution in [3.05, 3.63) is 22.4 Å². The number of thiophene rings is 1.